The molecule has 1 aliphatic rings. The van der Waals surface area contributed by atoms with Crippen LogP contribution in [0, 0.1) is 0 Å². The molecular formula is C17H20Cl3NO3. The average Bonchev–Trinajstić information content (AvgIpc) is 3.00. The first-order valence-electron chi connectivity index (χ1n) is 7.79. The van der Waals surface area contributed by atoms with Crippen LogP contribution in [-0.4, -0.2) is 25.5 Å². The molecule has 1 unspecified atom stereocenters. The minimum absolute atomic E-state index is 0.103. The van der Waals surface area contributed by atoms with Crippen molar-refractivity contribution >= 4 is 40.5 Å². The van der Waals surface area contributed by atoms with Crippen LogP contribution in [-0.2, 0) is 4.84 Å². The van der Waals surface area contributed by atoms with Gasteiger partial charge in [-0.15, -0.1) is 0 Å². The van der Waals surface area contributed by atoms with Crippen molar-refractivity contribution in [2.75, 3.05) is 13.7 Å². The molecule has 0 N–H and O–H groups in total. The second-order valence-corrected chi connectivity index (χ2v) is 6.82. The quantitative estimate of drug-likeness (QED) is 0.567. The summed E-state index contributed by atoms with van der Waals surface area (Å²) in [5.74, 6) is 1.15. The Hall–Kier alpha value is -1.10. The Labute approximate surface area is 157 Å². The zero-order valence-corrected chi connectivity index (χ0v) is 15.9. The Kier molecular flexibility index (Phi) is 7.53. The minimum Gasteiger partial charge on any atom is -0.494 e. The molecule has 2 rings (SSSR count). The van der Waals surface area contributed by atoms with Crippen LogP contribution in [0.25, 0.3) is 0 Å². The first-order chi connectivity index (χ1) is 11.5. The van der Waals surface area contributed by atoms with Crippen molar-refractivity contribution in [1.29, 1.82) is 0 Å². The molecule has 4 nitrogen and oxygen atoms in total. The van der Waals surface area contributed by atoms with Crippen molar-refractivity contribution in [2.45, 2.75) is 38.7 Å². The van der Waals surface area contributed by atoms with E-state index < -0.39 is 0 Å². The zero-order chi connectivity index (χ0) is 17.5. The number of oxime groups is 1. The molecule has 0 aromatic heterocycles. The zero-order valence-electron chi connectivity index (χ0n) is 13.7. The van der Waals surface area contributed by atoms with Crippen LogP contribution in [0.3, 0.4) is 0 Å². The van der Waals surface area contributed by atoms with Gasteiger partial charge in [0.25, 0.3) is 0 Å². The van der Waals surface area contributed by atoms with Gasteiger partial charge in [0.2, 0.25) is 0 Å². The van der Waals surface area contributed by atoms with Crippen molar-refractivity contribution in [3.63, 3.8) is 0 Å². The van der Waals surface area contributed by atoms with E-state index in [1.54, 1.807) is 19.3 Å². The Morgan fingerprint density at radius 1 is 1.42 bits per heavy atom. The lowest BCUT2D eigenvalue weighted by atomic mass is 10.0. The molecule has 0 amide bonds. The molecule has 1 aromatic rings. The molecule has 1 aromatic carbocycles. The molecule has 1 aliphatic heterocycles. The number of ether oxygens (including phenoxy) is 2. The smallest absolute Gasteiger partial charge is 0.146 e. The molecule has 0 saturated carbocycles. The van der Waals surface area contributed by atoms with Crippen molar-refractivity contribution in [3.05, 3.63) is 33.3 Å². The van der Waals surface area contributed by atoms with Crippen molar-refractivity contribution in [3.8, 4) is 11.5 Å². The molecule has 0 saturated heterocycles. The summed E-state index contributed by atoms with van der Waals surface area (Å²) < 4.78 is 11.2. The Bertz CT molecular complexity index is 628. The van der Waals surface area contributed by atoms with E-state index in [-0.39, 0.29) is 17.2 Å². The number of methoxy groups -OCH3 is 1. The molecular weight excluding hydrogens is 373 g/mol. The van der Waals surface area contributed by atoms with Gasteiger partial charge in [0.05, 0.1) is 17.8 Å². The predicted molar refractivity (Wildman–Crippen MR) is 98.8 cm³/mol. The number of nitrogens with zero attached hydrogens (tertiary/aromatic N) is 1. The van der Waals surface area contributed by atoms with Gasteiger partial charge in [-0.2, -0.15) is 0 Å². The van der Waals surface area contributed by atoms with Gasteiger partial charge in [0.15, 0.2) is 0 Å². The number of unbranched alkanes of at least 4 members (excludes halogenated alkanes) is 1. The summed E-state index contributed by atoms with van der Waals surface area (Å²) in [6.45, 7) is 2.40. The number of halogens is 3. The second kappa shape index (κ2) is 9.40. The lowest BCUT2D eigenvalue weighted by molar-refractivity contribution is 0.0774. The van der Waals surface area contributed by atoms with E-state index in [0.717, 1.165) is 37.0 Å². The maximum atomic E-state index is 6.31. The lowest BCUT2D eigenvalue weighted by Crippen LogP contribution is -2.09. The van der Waals surface area contributed by atoms with E-state index in [2.05, 4.69) is 12.1 Å². The highest BCUT2D eigenvalue weighted by molar-refractivity contribution is 6.55. The van der Waals surface area contributed by atoms with E-state index >= 15 is 0 Å². The predicted octanol–water partition coefficient (Wildman–Crippen LogP) is 5.73. The third-order valence-corrected chi connectivity index (χ3v) is 4.22. The summed E-state index contributed by atoms with van der Waals surface area (Å²) in [5, 5.41) is 4.66. The summed E-state index contributed by atoms with van der Waals surface area (Å²) >= 11 is 17.5. The van der Waals surface area contributed by atoms with Crippen molar-refractivity contribution in [2.24, 2.45) is 5.16 Å². The molecule has 0 bridgehead atoms. The highest BCUT2D eigenvalue weighted by atomic mass is 35.5. The van der Waals surface area contributed by atoms with Crippen LogP contribution in [0.15, 0.2) is 27.9 Å². The highest BCUT2D eigenvalue weighted by Crippen LogP contribution is 2.36. The second-order valence-electron chi connectivity index (χ2n) is 5.40. The van der Waals surface area contributed by atoms with Gasteiger partial charge in [-0.25, -0.2) is 0 Å². The maximum Gasteiger partial charge on any atom is 0.146 e. The van der Waals surface area contributed by atoms with Gasteiger partial charge in [0, 0.05) is 18.1 Å². The third kappa shape index (κ3) is 5.20. The summed E-state index contributed by atoms with van der Waals surface area (Å²) in [5.41, 5.74) is 1.59. The SMILES string of the molecule is CCCCC1CC(c2cc(OCC=C(Cl)Cl)cc(Cl)c2OC)=NO1. The third-order valence-electron chi connectivity index (χ3n) is 3.63. The number of benzene rings is 1. The Balaban J connectivity index is 2.18. The standard InChI is InChI=1S/C17H20Cl3NO3/c1-3-4-5-11-10-15(21-24-11)13-8-12(23-7-6-16(19)20)9-14(18)17(13)22-2/h6,8-9,11H,3-5,7,10H2,1-2H3. The van der Waals surface area contributed by atoms with Crippen LogP contribution in [0.2, 0.25) is 5.02 Å². The molecule has 24 heavy (non-hydrogen) atoms. The van der Waals surface area contributed by atoms with Crippen molar-refractivity contribution in [1.82, 2.24) is 0 Å². The molecule has 0 fully saturated rings. The van der Waals surface area contributed by atoms with Crippen LogP contribution < -0.4 is 9.47 Å². The molecule has 0 spiro atoms. The molecule has 0 aliphatic carbocycles. The highest BCUT2D eigenvalue weighted by Gasteiger charge is 2.25. The first kappa shape index (κ1) is 19.2. The molecule has 0 radical (unpaired) electrons. The summed E-state index contributed by atoms with van der Waals surface area (Å²) in [4.78, 5) is 5.52. The van der Waals surface area contributed by atoms with Crippen molar-refractivity contribution < 1.29 is 14.3 Å². The van der Waals surface area contributed by atoms with Gasteiger partial charge in [-0.05, 0) is 25.0 Å². The fourth-order valence-electron chi connectivity index (χ4n) is 2.45. The van der Waals surface area contributed by atoms with Crippen LogP contribution in [0.1, 0.15) is 38.2 Å². The Morgan fingerprint density at radius 3 is 2.88 bits per heavy atom. The van der Waals surface area contributed by atoms with E-state index in [0.29, 0.717) is 16.5 Å². The van der Waals surface area contributed by atoms with E-state index in [9.17, 15) is 0 Å². The maximum absolute atomic E-state index is 6.31. The molecule has 1 atom stereocenters. The van der Waals surface area contributed by atoms with E-state index in [1.807, 2.05) is 6.07 Å². The van der Waals surface area contributed by atoms with Crippen LogP contribution >= 0.6 is 34.8 Å². The van der Waals surface area contributed by atoms with Crippen LogP contribution in [0.5, 0.6) is 11.5 Å². The van der Waals surface area contributed by atoms with Gasteiger partial charge in [-0.3, -0.25) is 0 Å². The largest absolute Gasteiger partial charge is 0.494 e. The number of hydrogen-bond donors (Lipinski definition) is 0. The minimum atomic E-state index is 0.103. The average molecular weight is 393 g/mol. The Morgan fingerprint density at radius 2 is 2.21 bits per heavy atom. The van der Waals surface area contributed by atoms with Gasteiger partial charge >= 0.3 is 0 Å². The van der Waals surface area contributed by atoms with E-state index in [4.69, 9.17) is 49.1 Å². The normalized spacial score (nSPS) is 16.4. The number of rotatable bonds is 8. The van der Waals surface area contributed by atoms with Gasteiger partial charge < -0.3 is 14.3 Å². The van der Waals surface area contributed by atoms with Gasteiger partial charge in [-0.1, -0.05) is 53.3 Å². The fourth-order valence-corrected chi connectivity index (χ4v) is 2.86. The molecule has 7 heteroatoms. The fraction of sp³-hybridized carbons (Fsp3) is 0.471. The molecule has 1 heterocycles. The summed E-state index contributed by atoms with van der Waals surface area (Å²) in [7, 11) is 1.58. The molecule has 132 valence electrons. The van der Waals surface area contributed by atoms with E-state index in [1.165, 1.54) is 0 Å². The summed E-state index contributed by atoms with van der Waals surface area (Å²) in [6, 6.07) is 3.52. The first-order valence-corrected chi connectivity index (χ1v) is 8.93. The monoisotopic (exact) mass is 391 g/mol. The van der Waals surface area contributed by atoms with Crippen LogP contribution in [0.4, 0.5) is 0 Å². The topological polar surface area (TPSA) is 40.0 Å². The number of hydrogen-bond acceptors (Lipinski definition) is 4. The van der Waals surface area contributed by atoms with Gasteiger partial charge in [0.1, 0.15) is 28.7 Å². The summed E-state index contributed by atoms with van der Waals surface area (Å²) in [6.07, 6.45) is 5.60. The lowest BCUT2D eigenvalue weighted by Gasteiger charge is -2.13.